The van der Waals surface area contributed by atoms with Crippen molar-refractivity contribution in [3.8, 4) is 11.5 Å². The van der Waals surface area contributed by atoms with E-state index in [-0.39, 0.29) is 19.2 Å². The highest BCUT2D eigenvalue weighted by Crippen LogP contribution is 2.34. The first kappa shape index (κ1) is 16.2. The molecule has 1 aromatic heterocycles. The van der Waals surface area contributed by atoms with E-state index in [4.69, 9.17) is 9.47 Å². The highest BCUT2D eigenvalue weighted by molar-refractivity contribution is 7.88. The van der Waals surface area contributed by atoms with E-state index in [1.165, 1.54) is 12.3 Å². The molecule has 0 saturated heterocycles. The summed E-state index contributed by atoms with van der Waals surface area (Å²) in [5, 5.41) is 2.75. The number of nitrogens with one attached hydrogen (secondary N) is 2. The largest absolute Gasteiger partial charge is 0.454 e. The van der Waals surface area contributed by atoms with E-state index in [9.17, 15) is 13.2 Å². The van der Waals surface area contributed by atoms with Crippen molar-refractivity contribution in [3.63, 3.8) is 0 Å². The Morgan fingerprint density at radius 1 is 1.21 bits per heavy atom. The molecule has 2 N–H and O–H groups in total. The third-order valence-corrected chi connectivity index (χ3v) is 3.89. The summed E-state index contributed by atoms with van der Waals surface area (Å²) < 4.78 is 35.0. The number of carbonyl (C=O) groups is 1. The molecule has 1 aliphatic heterocycles. The molecule has 0 aliphatic carbocycles. The quantitative estimate of drug-likeness (QED) is 0.837. The van der Waals surface area contributed by atoms with Crippen molar-refractivity contribution in [2.24, 2.45) is 0 Å². The second-order valence-corrected chi connectivity index (χ2v) is 6.98. The van der Waals surface area contributed by atoms with Crippen molar-refractivity contribution >= 4 is 21.6 Å². The van der Waals surface area contributed by atoms with Gasteiger partial charge in [-0.1, -0.05) is 0 Å². The fourth-order valence-corrected chi connectivity index (χ4v) is 2.51. The number of anilines is 1. The number of amides is 1. The minimum Gasteiger partial charge on any atom is -0.454 e. The number of rotatable bonds is 5. The Hall–Kier alpha value is -2.65. The van der Waals surface area contributed by atoms with Gasteiger partial charge in [-0.05, 0) is 24.3 Å². The molecule has 0 atom stereocenters. The molecular weight excluding hydrogens is 334 g/mol. The van der Waals surface area contributed by atoms with Crippen molar-refractivity contribution in [1.29, 1.82) is 0 Å². The Bertz CT molecular complexity index is 882. The van der Waals surface area contributed by atoms with Gasteiger partial charge in [-0.3, -0.25) is 9.78 Å². The first-order valence-electron chi connectivity index (χ1n) is 7.01. The van der Waals surface area contributed by atoms with Gasteiger partial charge in [-0.2, -0.15) is 0 Å². The maximum Gasteiger partial charge on any atom is 0.255 e. The van der Waals surface area contributed by atoms with Crippen molar-refractivity contribution in [2.75, 3.05) is 18.4 Å². The first-order valence-corrected chi connectivity index (χ1v) is 8.90. The molecule has 126 valence electrons. The lowest BCUT2D eigenvalue weighted by atomic mass is 10.2. The summed E-state index contributed by atoms with van der Waals surface area (Å²) in [4.78, 5) is 16.4. The molecule has 0 saturated carbocycles. The number of pyridine rings is 1. The molecule has 0 bridgehead atoms. The highest BCUT2D eigenvalue weighted by Gasteiger charge is 2.15. The Labute approximate surface area is 138 Å². The molecule has 0 spiro atoms. The maximum absolute atomic E-state index is 12.3. The number of ether oxygens (including phenoxy) is 2. The van der Waals surface area contributed by atoms with Gasteiger partial charge < -0.3 is 14.8 Å². The van der Waals surface area contributed by atoms with E-state index in [0.717, 1.165) is 6.26 Å². The van der Waals surface area contributed by atoms with Gasteiger partial charge >= 0.3 is 0 Å². The average Bonchev–Trinajstić information content (AvgIpc) is 3.00. The van der Waals surface area contributed by atoms with E-state index in [1.54, 1.807) is 24.3 Å². The highest BCUT2D eigenvalue weighted by atomic mass is 32.2. The van der Waals surface area contributed by atoms with E-state index >= 15 is 0 Å². The molecule has 24 heavy (non-hydrogen) atoms. The second-order valence-electron chi connectivity index (χ2n) is 5.15. The standard InChI is InChI=1S/C15H15N3O5S/c1-24(20,21)17-8-12-6-10(4-5-16-12)15(19)18-11-2-3-13-14(7-11)23-9-22-13/h2-7,17H,8-9H2,1H3,(H,18,19). The van der Waals surface area contributed by atoms with Gasteiger partial charge in [0.05, 0.1) is 18.5 Å². The number of benzene rings is 1. The number of hydrogen-bond donors (Lipinski definition) is 2. The van der Waals surface area contributed by atoms with Crippen molar-refractivity contribution in [2.45, 2.75) is 6.54 Å². The number of sulfonamides is 1. The van der Waals surface area contributed by atoms with Crippen molar-refractivity contribution in [3.05, 3.63) is 47.8 Å². The minimum atomic E-state index is -3.33. The van der Waals surface area contributed by atoms with Crippen LogP contribution in [-0.4, -0.2) is 32.4 Å². The maximum atomic E-state index is 12.3. The monoisotopic (exact) mass is 349 g/mol. The summed E-state index contributed by atoms with van der Waals surface area (Å²) in [5.41, 5.74) is 1.38. The minimum absolute atomic E-state index is 0.0178. The Morgan fingerprint density at radius 3 is 2.79 bits per heavy atom. The number of hydrogen-bond acceptors (Lipinski definition) is 6. The molecular formula is C15H15N3O5S. The van der Waals surface area contributed by atoms with Crippen LogP contribution in [0.25, 0.3) is 0 Å². The van der Waals surface area contributed by atoms with Crippen LogP contribution in [0.2, 0.25) is 0 Å². The van der Waals surface area contributed by atoms with Crippen LogP contribution in [0.3, 0.4) is 0 Å². The van der Waals surface area contributed by atoms with Crippen LogP contribution >= 0.6 is 0 Å². The van der Waals surface area contributed by atoms with Gasteiger partial charge in [0.25, 0.3) is 5.91 Å². The molecule has 0 unspecified atom stereocenters. The van der Waals surface area contributed by atoms with Crippen molar-refractivity contribution < 1.29 is 22.7 Å². The Morgan fingerprint density at radius 2 is 2.00 bits per heavy atom. The summed E-state index contributed by atoms with van der Waals surface area (Å²) in [6.07, 6.45) is 2.51. The van der Waals surface area contributed by atoms with Crippen LogP contribution in [0.5, 0.6) is 11.5 Å². The molecule has 1 amide bonds. The number of fused-ring (bicyclic) bond motifs is 1. The van der Waals surface area contributed by atoms with E-state index in [1.807, 2.05) is 0 Å². The normalized spacial score (nSPS) is 12.9. The average molecular weight is 349 g/mol. The van der Waals surface area contributed by atoms with E-state index in [0.29, 0.717) is 28.4 Å². The number of nitrogens with zero attached hydrogens (tertiary/aromatic N) is 1. The van der Waals surface area contributed by atoms with Crippen LogP contribution in [0.4, 0.5) is 5.69 Å². The van der Waals surface area contributed by atoms with Gasteiger partial charge in [0.1, 0.15) is 0 Å². The summed E-state index contributed by atoms with van der Waals surface area (Å²) in [7, 11) is -3.33. The summed E-state index contributed by atoms with van der Waals surface area (Å²) in [6, 6.07) is 8.17. The van der Waals surface area contributed by atoms with Crippen LogP contribution in [0.15, 0.2) is 36.5 Å². The van der Waals surface area contributed by atoms with Gasteiger partial charge in [0, 0.05) is 23.5 Å². The van der Waals surface area contributed by atoms with Gasteiger partial charge in [0.15, 0.2) is 11.5 Å². The molecule has 0 fully saturated rings. The SMILES string of the molecule is CS(=O)(=O)NCc1cc(C(=O)Nc2ccc3c(c2)OCO3)ccn1. The molecule has 9 heteroatoms. The lowest BCUT2D eigenvalue weighted by molar-refractivity contribution is 0.102. The molecule has 2 heterocycles. The first-order chi connectivity index (χ1) is 11.4. The van der Waals surface area contributed by atoms with E-state index < -0.39 is 10.0 Å². The fraction of sp³-hybridized carbons (Fsp3) is 0.200. The molecule has 1 aliphatic rings. The zero-order valence-electron chi connectivity index (χ0n) is 12.8. The summed E-state index contributed by atoms with van der Waals surface area (Å²) in [6.45, 7) is 0.178. The van der Waals surface area contributed by atoms with E-state index in [2.05, 4.69) is 15.0 Å². The number of aromatic nitrogens is 1. The summed E-state index contributed by atoms with van der Waals surface area (Å²) in [5.74, 6) is 0.864. The van der Waals surface area contributed by atoms with Gasteiger partial charge in [-0.25, -0.2) is 13.1 Å². The molecule has 3 rings (SSSR count). The predicted octanol–water partition coefficient (Wildman–Crippen LogP) is 1.11. The van der Waals surface area contributed by atoms with Crippen LogP contribution in [0.1, 0.15) is 16.1 Å². The van der Waals surface area contributed by atoms with Gasteiger partial charge in [-0.15, -0.1) is 0 Å². The zero-order valence-corrected chi connectivity index (χ0v) is 13.6. The van der Waals surface area contributed by atoms with Gasteiger partial charge in [0.2, 0.25) is 16.8 Å². The fourth-order valence-electron chi connectivity index (χ4n) is 2.10. The molecule has 8 nitrogen and oxygen atoms in total. The Balaban J connectivity index is 1.71. The smallest absolute Gasteiger partial charge is 0.255 e. The van der Waals surface area contributed by atoms with Crippen LogP contribution < -0.4 is 19.5 Å². The Kier molecular flexibility index (Phi) is 4.36. The molecule has 1 aromatic carbocycles. The van der Waals surface area contributed by atoms with Crippen LogP contribution in [0, 0.1) is 0 Å². The lowest BCUT2D eigenvalue weighted by Gasteiger charge is -2.08. The zero-order chi connectivity index (χ0) is 17.2. The number of carbonyl (C=O) groups excluding carboxylic acids is 1. The molecule has 0 radical (unpaired) electrons. The summed E-state index contributed by atoms with van der Waals surface area (Å²) >= 11 is 0. The lowest BCUT2D eigenvalue weighted by Crippen LogP contribution is -2.22. The third-order valence-electron chi connectivity index (χ3n) is 3.22. The van der Waals surface area contributed by atoms with Crippen molar-refractivity contribution in [1.82, 2.24) is 9.71 Å². The predicted molar refractivity (Wildman–Crippen MR) is 86.4 cm³/mol. The van der Waals surface area contributed by atoms with Crippen LogP contribution in [-0.2, 0) is 16.6 Å². The molecule has 2 aromatic rings. The second kappa shape index (κ2) is 6.46. The third kappa shape index (κ3) is 4.00. The topological polar surface area (TPSA) is 107 Å².